The second kappa shape index (κ2) is 5.23. The molecular weight excluding hydrogens is 240 g/mol. The minimum atomic E-state index is -0.290. The van der Waals surface area contributed by atoms with Crippen LogP contribution in [0.1, 0.15) is 21.5 Å². The number of nitrogens with one attached hydrogen (secondary N) is 1. The highest BCUT2D eigenvalue weighted by molar-refractivity contribution is 6.04. The van der Waals surface area contributed by atoms with Gasteiger partial charge >= 0.3 is 0 Å². The van der Waals surface area contributed by atoms with E-state index in [1.54, 1.807) is 37.3 Å². The molecule has 0 heterocycles. The molecule has 0 fully saturated rings. The number of carbonyl (C=O) groups is 1. The molecule has 1 amide bonds. The summed E-state index contributed by atoms with van der Waals surface area (Å²) in [5.74, 6) is -0.105. The van der Waals surface area contributed by atoms with E-state index in [1.807, 2.05) is 6.07 Å². The largest absolute Gasteiger partial charge is 0.508 e. The van der Waals surface area contributed by atoms with Crippen molar-refractivity contribution in [3.05, 3.63) is 59.2 Å². The summed E-state index contributed by atoms with van der Waals surface area (Å²) in [4.78, 5) is 12.0. The molecular formula is C15H12N2O2. The van der Waals surface area contributed by atoms with E-state index in [0.29, 0.717) is 22.4 Å². The third-order valence-electron chi connectivity index (χ3n) is 2.71. The molecule has 0 bridgehead atoms. The van der Waals surface area contributed by atoms with Crippen molar-refractivity contribution in [3.63, 3.8) is 0 Å². The zero-order valence-electron chi connectivity index (χ0n) is 10.3. The lowest BCUT2D eigenvalue weighted by Crippen LogP contribution is -2.12. The Morgan fingerprint density at radius 1 is 1.26 bits per heavy atom. The second-order valence-corrected chi connectivity index (χ2v) is 4.15. The quantitative estimate of drug-likeness (QED) is 0.807. The molecule has 2 rings (SSSR count). The highest BCUT2D eigenvalue weighted by Gasteiger charge is 2.07. The summed E-state index contributed by atoms with van der Waals surface area (Å²) in [5.41, 5.74) is 2.14. The van der Waals surface area contributed by atoms with Crippen molar-refractivity contribution < 1.29 is 9.90 Å². The van der Waals surface area contributed by atoms with Crippen LogP contribution < -0.4 is 5.32 Å². The van der Waals surface area contributed by atoms with Gasteiger partial charge in [0, 0.05) is 11.3 Å². The van der Waals surface area contributed by atoms with E-state index in [0.717, 1.165) is 0 Å². The molecule has 0 saturated heterocycles. The molecule has 2 aromatic rings. The number of amides is 1. The van der Waals surface area contributed by atoms with Gasteiger partial charge in [0.25, 0.3) is 5.91 Å². The van der Waals surface area contributed by atoms with Crippen LogP contribution in [0.15, 0.2) is 42.5 Å². The van der Waals surface area contributed by atoms with Gasteiger partial charge in [-0.15, -0.1) is 0 Å². The fraction of sp³-hybridized carbons (Fsp3) is 0.0667. The first-order valence-corrected chi connectivity index (χ1v) is 5.71. The lowest BCUT2D eigenvalue weighted by Gasteiger charge is -2.07. The smallest absolute Gasteiger partial charge is 0.255 e. The van der Waals surface area contributed by atoms with E-state index in [9.17, 15) is 9.90 Å². The maximum absolute atomic E-state index is 12.0. The Balaban J connectivity index is 2.21. The van der Waals surface area contributed by atoms with E-state index in [-0.39, 0.29) is 11.7 Å². The highest BCUT2D eigenvalue weighted by atomic mass is 16.3. The van der Waals surface area contributed by atoms with Gasteiger partial charge in [0.1, 0.15) is 5.75 Å². The van der Waals surface area contributed by atoms with Crippen molar-refractivity contribution in [2.24, 2.45) is 0 Å². The Morgan fingerprint density at radius 3 is 2.74 bits per heavy atom. The zero-order chi connectivity index (χ0) is 13.8. The van der Waals surface area contributed by atoms with Gasteiger partial charge in [-0.3, -0.25) is 4.79 Å². The Morgan fingerprint density at radius 2 is 2.05 bits per heavy atom. The lowest BCUT2D eigenvalue weighted by molar-refractivity contribution is 0.102. The van der Waals surface area contributed by atoms with E-state index in [2.05, 4.69) is 5.32 Å². The van der Waals surface area contributed by atoms with Crippen molar-refractivity contribution in [2.45, 2.75) is 6.92 Å². The third-order valence-corrected chi connectivity index (χ3v) is 2.71. The number of hydrogen-bond acceptors (Lipinski definition) is 3. The summed E-state index contributed by atoms with van der Waals surface area (Å²) < 4.78 is 0. The Labute approximate surface area is 110 Å². The summed E-state index contributed by atoms with van der Waals surface area (Å²) in [6, 6.07) is 13.3. The van der Waals surface area contributed by atoms with Crippen molar-refractivity contribution in [1.29, 1.82) is 5.26 Å². The minimum absolute atomic E-state index is 0.185. The Kier molecular flexibility index (Phi) is 3.48. The molecule has 0 saturated carbocycles. The number of carbonyl (C=O) groups excluding carboxylic acids is 1. The molecule has 94 valence electrons. The summed E-state index contributed by atoms with van der Waals surface area (Å²) in [6.07, 6.45) is 0. The van der Waals surface area contributed by atoms with Gasteiger partial charge in [0.15, 0.2) is 0 Å². The molecule has 0 aliphatic carbocycles. The average molecular weight is 252 g/mol. The van der Waals surface area contributed by atoms with Crippen molar-refractivity contribution in [1.82, 2.24) is 0 Å². The molecule has 0 aliphatic rings. The van der Waals surface area contributed by atoms with Gasteiger partial charge in [0.2, 0.25) is 0 Å². The van der Waals surface area contributed by atoms with Crippen LogP contribution in [-0.4, -0.2) is 11.0 Å². The second-order valence-electron chi connectivity index (χ2n) is 4.15. The molecule has 2 N–H and O–H groups in total. The van der Waals surface area contributed by atoms with E-state index < -0.39 is 0 Å². The number of rotatable bonds is 2. The number of anilines is 1. The van der Waals surface area contributed by atoms with E-state index in [1.165, 1.54) is 12.1 Å². The fourth-order valence-electron chi connectivity index (χ4n) is 1.67. The van der Waals surface area contributed by atoms with Gasteiger partial charge < -0.3 is 10.4 Å². The van der Waals surface area contributed by atoms with Crippen molar-refractivity contribution in [2.75, 3.05) is 5.32 Å². The average Bonchev–Trinajstić information content (AvgIpc) is 2.43. The number of benzene rings is 2. The minimum Gasteiger partial charge on any atom is -0.508 e. The first-order chi connectivity index (χ1) is 9.10. The predicted molar refractivity (Wildman–Crippen MR) is 72.0 cm³/mol. The number of nitriles is 1. The fourth-order valence-corrected chi connectivity index (χ4v) is 1.67. The van der Waals surface area contributed by atoms with Crippen LogP contribution in [0.4, 0.5) is 5.69 Å². The SMILES string of the molecule is Cc1cc(NC(=O)c2cccc(C#N)c2)ccc1O. The maximum atomic E-state index is 12.0. The molecule has 0 aromatic heterocycles. The standard InChI is InChI=1S/C15H12N2O2/c1-10-7-13(5-6-14(10)18)17-15(19)12-4-2-3-11(8-12)9-16/h2-8,18H,1H3,(H,17,19). The van der Waals surface area contributed by atoms with Crippen LogP contribution in [0.25, 0.3) is 0 Å². The third kappa shape index (κ3) is 2.90. The summed E-state index contributed by atoms with van der Waals surface area (Å²) in [5, 5.41) is 20.9. The number of hydrogen-bond donors (Lipinski definition) is 2. The molecule has 0 atom stereocenters. The monoisotopic (exact) mass is 252 g/mol. The van der Waals surface area contributed by atoms with Crippen LogP contribution in [0.2, 0.25) is 0 Å². The normalized spacial score (nSPS) is 9.68. The Hall–Kier alpha value is -2.80. The van der Waals surface area contributed by atoms with Gasteiger partial charge in [-0.1, -0.05) is 6.07 Å². The Bertz CT molecular complexity index is 672. The zero-order valence-corrected chi connectivity index (χ0v) is 10.3. The van der Waals surface area contributed by atoms with E-state index >= 15 is 0 Å². The molecule has 4 heteroatoms. The molecule has 0 aliphatic heterocycles. The van der Waals surface area contributed by atoms with Crippen LogP contribution in [0, 0.1) is 18.3 Å². The van der Waals surface area contributed by atoms with Crippen molar-refractivity contribution in [3.8, 4) is 11.8 Å². The molecule has 2 aromatic carbocycles. The van der Waals surface area contributed by atoms with Crippen LogP contribution >= 0.6 is 0 Å². The number of nitrogens with zero attached hydrogens (tertiary/aromatic N) is 1. The number of aromatic hydroxyl groups is 1. The first kappa shape index (κ1) is 12.7. The summed E-state index contributed by atoms with van der Waals surface area (Å²) >= 11 is 0. The van der Waals surface area contributed by atoms with Gasteiger partial charge in [-0.05, 0) is 48.9 Å². The van der Waals surface area contributed by atoms with Crippen LogP contribution in [0.3, 0.4) is 0 Å². The molecule has 0 unspecified atom stereocenters. The first-order valence-electron chi connectivity index (χ1n) is 5.71. The molecule has 0 radical (unpaired) electrons. The predicted octanol–water partition coefficient (Wildman–Crippen LogP) is 2.82. The van der Waals surface area contributed by atoms with Gasteiger partial charge in [-0.25, -0.2) is 0 Å². The summed E-state index contributed by atoms with van der Waals surface area (Å²) in [6.45, 7) is 1.75. The van der Waals surface area contributed by atoms with Gasteiger partial charge in [0.05, 0.1) is 11.6 Å². The number of phenols is 1. The van der Waals surface area contributed by atoms with Crippen LogP contribution in [-0.2, 0) is 0 Å². The lowest BCUT2D eigenvalue weighted by atomic mass is 10.1. The topological polar surface area (TPSA) is 73.1 Å². The van der Waals surface area contributed by atoms with Crippen LogP contribution in [0.5, 0.6) is 5.75 Å². The number of aryl methyl sites for hydroxylation is 1. The van der Waals surface area contributed by atoms with E-state index in [4.69, 9.17) is 5.26 Å². The number of phenolic OH excluding ortho intramolecular Hbond substituents is 1. The molecule has 19 heavy (non-hydrogen) atoms. The molecule has 4 nitrogen and oxygen atoms in total. The summed E-state index contributed by atoms with van der Waals surface area (Å²) in [7, 11) is 0. The highest BCUT2D eigenvalue weighted by Crippen LogP contribution is 2.20. The van der Waals surface area contributed by atoms with Gasteiger partial charge in [-0.2, -0.15) is 5.26 Å². The van der Waals surface area contributed by atoms with Crippen molar-refractivity contribution >= 4 is 11.6 Å². The molecule has 0 spiro atoms. The maximum Gasteiger partial charge on any atom is 0.255 e.